The summed E-state index contributed by atoms with van der Waals surface area (Å²) in [5, 5.41) is 17.4. The van der Waals surface area contributed by atoms with E-state index in [4.69, 9.17) is 14.6 Å². The van der Waals surface area contributed by atoms with Crippen molar-refractivity contribution in [3.8, 4) is 5.75 Å². The number of aliphatic hydroxyl groups is 1. The van der Waals surface area contributed by atoms with Crippen molar-refractivity contribution in [2.75, 3.05) is 18.6 Å². The van der Waals surface area contributed by atoms with Crippen LogP contribution in [0.25, 0.3) is 0 Å². The van der Waals surface area contributed by atoms with Crippen molar-refractivity contribution in [2.24, 2.45) is 5.92 Å². The Morgan fingerprint density at radius 2 is 1.97 bits per heavy atom. The molecular weight excluding hydrogens is 488 g/mol. The first-order valence-electron chi connectivity index (χ1n) is 12.6. The maximum Gasteiger partial charge on any atom is 0.218 e. The minimum Gasteiger partial charge on any atom is -0.490 e. The molecule has 10 heteroatoms. The monoisotopic (exact) mass is 524 g/mol. The molecule has 198 valence electrons. The lowest BCUT2D eigenvalue weighted by atomic mass is 9.86. The lowest BCUT2D eigenvalue weighted by molar-refractivity contribution is -0.106. The van der Waals surface area contributed by atoms with Crippen LogP contribution in [0.2, 0.25) is 18.6 Å². The molecule has 2 aromatic carbocycles. The highest BCUT2D eigenvalue weighted by molar-refractivity contribution is 6.71. The number of para-hydroxylation sites is 1. The third-order valence-electron chi connectivity index (χ3n) is 7.16. The molecule has 0 bridgehead atoms. The Hall–Kier alpha value is -3.05. The Labute approximate surface area is 218 Å². The molecule has 0 fully saturated rings. The molecular formula is C27H36N4O5Si. The topological polar surface area (TPSA) is 110 Å². The Balaban J connectivity index is 1.60. The number of rotatable bonds is 11. The number of aromatic nitrogens is 3. The summed E-state index contributed by atoms with van der Waals surface area (Å²) in [5.41, 5.74) is 3.04. The fourth-order valence-corrected chi connectivity index (χ4v) is 7.25. The van der Waals surface area contributed by atoms with Gasteiger partial charge in [-0.25, -0.2) is 0 Å². The van der Waals surface area contributed by atoms with Crippen LogP contribution in [-0.4, -0.2) is 59.4 Å². The van der Waals surface area contributed by atoms with Gasteiger partial charge in [-0.1, -0.05) is 30.3 Å². The van der Waals surface area contributed by atoms with Crippen molar-refractivity contribution < 1.29 is 24.2 Å². The van der Waals surface area contributed by atoms with Gasteiger partial charge in [0.15, 0.2) is 8.32 Å². The molecule has 0 radical (unpaired) electrons. The van der Waals surface area contributed by atoms with Crippen LogP contribution in [0.5, 0.6) is 5.75 Å². The van der Waals surface area contributed by atoms with E-state index < -0.39 is 8.32 Å². The second kappa shape index (κ2) is 11.6. The third-order valence-corrected chi connectivity index (χ3v) is 9.59. The zero-order valence-corrected chi connectivity index (χ0v) is 22.8. The number of hydrogen-bond acceptors (Lipinski definition) is 7. The first-order valence-corrected chi connectivity index (χ1v) is 15.6. The molecule has 1 unspecified atom stereocenters. The molecule has 0 aliphatic carbocycles. The highest BCUT2D eigenvalue weighted by Gasteiger charge is 2.46. The fraction of sp³-hybridized carbons (Fsp3) is 0.444. The first kappa shape index (κ1) is 27.0. The maximum absolute atomic E-state index is 12.0. The largest absolute Gasteiger partial charge is 0.490 e. The van der Waals surface area contributed by atoms with E-state index in [0.717, 1.165) is 29.0 Å². The SMILES string of the molecule is CO[C@H]1c2cc(N(C=O)c3ccccc3)ccc2O[C@@H](C(CCn2cc(CCO)nn2)[Si](C)(C)O)[C@@H]1C. The summed E-state index contributed by atoms with van der Waals surface area (Å²) < 4.78 is 14.3. The van der Waals surface area contributed by atoms with Crippen molar-refractivity contribution >= 4 is 26.1 Å². The van der Waals surface area contributed by atoms with Crippen LogP contribution in [-0.2, 0) is 22.5 Å². The molecule has 2 heterocycles. The minimum absolute atomic E-state index is 0.0286. The number of ether oxygens (including phenoxy) is 2. The normalized spacial score (nSPS) is 20.1. The van der Waals surface area contributed by atoms with Gasteiger partial charge in [-0.2, -0.15) is 0 Å². The van der Waals surface area contributed by atoms with E-state index in [-0.39, 0.29) is 30.3 Å². The summed E-state index contributed by atoms with van der Waals surface area (Å²) in [7, 11) is -0.973. The molecule has 3 aromatic rings. The molecule has 1 amide bonds. The number of amides is 1. The molecule has 0 saturated heterocycles. The van der Waals surface area contributed by atoms with Gasteiger partial charge in [0.1, 0.15) is 11.9 Å². The molecule has 9 nitrogen and oxygen atoms in total. The molecule has 4 rings (SSSR count). The Bertz CT molecular complexity index is 1180. The van der Waals surface area contributed by atoms with E-state index in [1.807, 2.05) is 67.8 Å². The lowest BCUT2D eigenvalue weighted by Crippen LogP contribution is -2.48. The number of benzene rings is 2. The predicted molar refractivity (Wildman–Crippen MR) is 143 cm³/mol. The number of carbonyl (C=O) groups is 1. The Morgan fingerprint density at radius 1 is 1.22 bits per heavy atom. The second-order valence-electron chi connectivity index (χ2n) is 10.1. The number of nitrogens with zero attached hydrogens (tertiary/aromatic N) is 4. The van der Waals surface area contributed by atoms with E-state index in [1.165, 1.54) is 0 Å². The van der Waals surface area contributed by atoms with Crippen LogP contribution >= 0.6 is 0 Å². The molecule has 0 saturated carbocycles. The number of aliphatic hydroxyl groups excluding tert-OH is 1. The van der Waals surface area contributed by atoms with Crippen LogP contribution in [0.15, 0.2) is 54.7 Å². The lowest BCUT2D eigenvalue weighted by Gasteiger charge is -2.44. The van der Waals surface area contributed by atoms with Crippen molar-refractivity contribution in [3.63, 3.8) is 0 Å². The van der Waals surface area contributed by atoms with Gasteiger partial charge in [-0.15, -0.1) is 5.10 Å². The van der Waals surface area contributed by atoms with Gasteiger partial charge >= 0.3 is 0 Å². The van der Waals surface area contributed by atoms with Gasteiger partial charge in [0.25, 0.3) is 0 Å². The van der Waals surface area contributed by atoms with E-state index >= 15 is 0 Å². The van der Waals surface area contributed by atoms with E-state index in [1.54, 1.807) is 16.7 Å². The molecule has 0 spiro atoms. The predicted octanol–water partition coefficient (Wildman–Crippen LogP) is 3.85. The van der Waals surface area contributed by atoms with Gasteiger partial charge in [0, 0.05) is 61.3 Å². The van der Waals surface area contributed by atoms with Gasteiger partial charge in [0.05, 0.1) is 11.8 Å². The smallest absolute Gasteiger partial charge is 0.218 e. The number of methoxy groups -OCH3 is 1. The average Bonchev–Trinajstić information content (AvgIpc) is 3.32. The van der Waals surface area contributed by atoms with Crippen molar-refractivity contribution in [2.45, 2.75) is 57.2 Å². The Morgan fingerprint density at radius 3 is 2.62 bits per heavy atom. The summed E-state index contributed by atoms with van der Waals surface area (Å²) in [6.45, 7) is 6.58. The van der Waals surface area contributed by atoms with Crippen LogP contribution in [0.4, 0.5) is 11.4 Å². The van der Waals surface area contributed by atoms with E-state index in [9.17, 15) is 9.59 Å². The quantitative estimate of drug-likeness (QED) is 0.290. The summed E-state index contributed by atoms with van der Waals surface area (Å²) >= 11 is 0. The second-order valence-corrected chi connectivity index (χ2v) is 14.2. The molecule has 1 aromatic heterocycles. The minimum atomic E-state index is -2.66. The van der Waals surface area contributed by atoms with E-state index in [0.29, 0.717) is 25.1 Å². The van der Waals surface area contributed by atoms with Gasteiger partial charge < -0.3 is 19.4 Å². The molecule has 2 N–H and O–H groups in total. The molecule has 4 atom stereocenters. The Kier molecular flexibility index (Phi) is 8.43. The third kappa shape index (κ3) is 5.93. The van der Waals surface area contributed by atoms with Gasteiger partial charge in [-0.05, 0) is 49.8 Å². The van der Waals surface area contributed by atoms with Gasteiger partial charge in [0.2, 0.25) is 6.41 Å². The highest BCUT2D eigenvalue weighted by Crippen LogP contribution is 2.47. The molecule has 1 aliphatic rings. The average molecular weight is 525 g/mol. The summed E-state index contributed by atoms with van der Waals surface area (Å²) in [6.07, 6.45) is 3.26. The van der Waals surface area contributed by atoms with Crippen molar-refractivity contribution in [1.82, 2.24) is 15.0 Å². The van der Waals surface area contributed by atoms with Crippen LogP contribution in [0.1, 0.15) is 30.7 Å². The van der Waals surface area contributed by atoms with Gasteiger partial charge in [-0.3, -0.25) is 14.4 Å². The van der Waals surface area contributed by atoms with Crippen LogP contribution < -0.4 is 9.64 Å². The number of carbonyl (C=O) groups excluding carboxylic acids is 1. The molecule has 37 heavy (non-hydrogen) atoms. The zero-order chi connectivity index (χ0) is 26.6. The standard InChI is InChI=1S/C27H36N4O5Si/c1-19-26(35-2)23-16-22(31(18-33)21-8-6-5-7-9-21)10-11-24(23)36-27(19)25(37(3,4)34)12-14-30-17-20(13-15-32)28-29-30/h5-11,16-19,25-27,32,34H,12-15H2,1-4H3/t19-,25?,26-,27-/m1/s1. The summed E-state index contributed by atoms with van der Waals surface area (Å²) in [6, 6.07) is 15.2. The first-order chi connectivity index (χ1) is 17.8. The summed E-state index contributed by atoms with van der Waals surface area (Å²) in [5.74, 6) is 0.658. The van der Waals surface area contributed by atoms with Crippen molar-refractivity contribution in [1.29, 1.82) is 0 Å². The van der Waals surface area contributed by atoms with Crippen LogP contribution in [0.3, 0.4) is 0 Å². The maximum atomic E-state index is 12.0. The highest BCUT2D eigenvalue weighted by atomic mass is 28.4. The number of anilines is 2. The number of hydrogen-bond donors (Lipinski definition) is 2. The fourth-order valence-electron chi connectivity index (χ4n) is 5.24. The number of aryl methyl sites for hydroxylation is 1. The van der Waals surface area contributed by atoms with E-state index in [2.05, 4.69) is 17.2 Å². The number of fused-ring (bicyclic) bond motifs is 1. The zero-order valence-electron chi connectivity index (χ0n) is 21.8. The van der Waals surface area contributed by atoms with Crippen LogP contribution in [0, 0.1) is 5.92 Å². The molecule has 1 aliphatic heterocycles. The van der Waals surface area contributed by atoms with Crippen molar-refractivity contribution in [3.05, 3.63) is 66.0 Å². The summed E-state index contributed by atoms with van der Waals surface area (Å²) in [4.78, 5) is 24.9.